The molecule has 0 amide bonds. The number of nitro groups is 1. The van der Waals surface area contributed by atoms with E-state index in [2.05, 4.69) is 0 Å². The average molecular weight is 353 g/mol. The fourth-order valence-corrected chi connectivity index (χ4v) is 2.76. The van der Waals surface area contributed by atoms with Crippen LogP contribution in [0.4, 0.5) is 10.1 Å². The zero-order valence-electron chi connectivity index (χ0n) is 13.3. The fourth-order valence-electron chi connectivity index (χ4n) is 1.89. The minimum absolute atomic E-state index is 0.120. The second kappa shape index (κ2) is 6.56. The summed E-state index contributed by atoms with van der Waals surface area (Å²) in [5, 5.41) is 20.2. The van der Waals surface area contributed by atoms with Crippen LogP contribution < -0.4 is 4.74 Å². The van der Waals surface area contributed by atoms with Gasteiger partial charge in [0.25, 0.3) is 0 Å². The summed E-state index contributed by atoms with van der Waals surface area (Å²) in [5.41, 5.74) is -0.0524. The van der Waals surface area contributed by atoms with Crippen molar-refractivity contribution in [2.24, 2.45) is 5.41 Å². The molecule has 0 saturated heterocycles. The number of benzene rings is 1. The summed E-state index contributed by atoms with van der Waals surface area (Å²) in [7, 11) is 0. The van der Waals surface area contributed by atoms with E-state index in [1.54, 1.807) is 6.07 Å². The van der Waals surface area contributed by atoms with Gasteiger partial charge in [-0.15, -0.1) is 11.3 Å². The van der Waals surface area contributed by atoms with Crippen LogP contribution in [-0.4, -0.2) is 22.6 Å². The topological polar surface area (TPSA) is 89.7 Å². The quantitative estimate of drug-likeness (QED) is 0.627. The van der Waals surface area contributed by atoms with E-state index in [0.29, 0.717) is 17.0 Å². The van der Waals surface area contributed by atoms with E-state index < -0.39 is 21.6 Å². The van der Waals surface area contributed by atoms with E-state index in [4.69, 9.17) is 9.84 Å². The molecule has 0 saturated carbocycles. The lowest BCUT2D eigenvalue weighted by Gasteiger charge is -2.18. The highest BCUT2D eigenvalue weighted by Crippen LogP contribution is 2.37. The summed E-state index contributed by atoms with van der Waals surface area (Å²) in [4.78, 5) is 21.5. The molecule has 6 nitrogen and oxygen atoms in total. The Morgan fingerprint density at radius 3 is 2.54 bits per heavy atom. The maximum Gasteiger partial charge on any atom is 0.348 e. The van der Waals surface area contributed by atoms with Crippen molar-refractivity contribution in [1.29, 1.82) is 0 Å². The zero-order chi connectivity index (χ0) is 18.1. The number of carbonyl (C=O) groups is 1. The van der Waals surface area contributed by atoms with Crippen LogP contribution >= 0.6 is 11.3 Å². The molecule has 2 aromatic rings. The predicted octanol–water partition coefficient (Wildman–Crippen LogP) is 4.59. The lowest BCUT2D eigenvalue weighted by Crippen LogP contribution is -2.17. The van der Waals surface area contributed by atoms with E-state index in [1.807, 2.05) is 20.8 Å². The molecule has 2 rings (SSSR count). The highest BCUT2D eigenvalue weighted by molar-refractivity contribution is 7.17. The van der Waals surface area contributed by atoms with Crippen LogP contribution in [-0.2, 0) is 0 Å². The van der Waals surface area contributed by atoms with Crippen molar-refractivity contribution in [3.63, 3.8) is 0 Å². The first kappa shape index (κ1) is 17.9. The third-order valence-corrected chi connectivity index (χ3v) is 4.13. The Hall–Kier alpha value is -2.48. The van der Waals surface area contributed by atoms with Crippen molar-refractivity contribution in [2.75, 3.05) is 6.61 Å². The molecule has 8 heteroatoms. The second-order valence-electron chi connectivity index (χ2n) is 6.38. The lowest BCUT2D eigenvalue weighted by molar-refractivity contribution is -0.385. The van der Waals surface area contributed by atoms with Gasteiger partial charge in [0.15, 0.2) is 5.75 Å². The Morgan fingerprint density at radius 1 is 1.38 bits per heavy atom. The molecular weight excluding hydrogens is 337 g/mol. The highest BCUT2D eigenvalue weighted by atomic mass is 32.1. The zero-order valence-corrected chi connectivity index (χ0v) is 14.1. The molecule has 1 aromatic heterocycles. The van der Waals surface area contributed by atoms with Crippen molar-refractivity contribution >= 4 is 23.0 Å². The number of carboxylic acid groups (broad SMARTS) is 1. The van der Waals surface area contributed by atoms with Crippen LogP contribution in [0.5, 0.6) is 5.75 Å². The minimum atomic E-state index is -1.37. The van der Waals surface area contributed by atoms with Crippen LogP contribution in [0.2, 0.25) is 0 Å². The van der Waals surface area contributed by atoms with E-state index in [0.717, 1.165) is 17.4 Å². The van der Waals surface area contributed by atoms with Crippen molar-refractivity contribution in [3.05, 3.63) is 45.1 Å². The Kier molecular flexibility index (Phi) is 4.88. The molecule has 1 N–H and O–H groups in total. The number of thiophene rings is 1. The first-order valence-electron chi connectivity index (χ1n) is 7.03. The molecule has 0 radical (unpaired) electrons. The molecular formula is C16H16FNO5S. The third kappa shape index (κ3) is 4.08. The standard InChI is InChI=1S/C16H16FNO5S/c1-16(2,3)8-23-12-5-4-9(6-11(12)18(21)22)13-7-10(17)14(24-13)15(19)20/h4-7H,8H2,1-3H3,(H,19,20). The smallest absolute Gasteiger partial charge is 0.348 e. The molecule has 0 unspecified atom stereocenters. The molecule has 0 aliphatic heterocycles. The van der Waals surface area contributed by atoms with Gasteiger partial charge < -0.3 is 9.84 Å². The Balaban J connectivity index is 2.40. The SMILES string of the molecule is CC(C)(C)COc1ccc(-c2cc(F)c(C(=O)O)s2)cc1[N+](=O)[O-]. The number of rotatable bonds is 5. The molecule has 0 fully saturated rings. The van der Waals surface area contributed by atoms with Gasteiger partial charge in [-0.25, -0.2) is 9.18 Å². The van der Waals surface area contributed by atoms with Crippen LogP contribution in [0, 0.1) is 21.3 Å². The van der Waals surface area contributed by atoms with Crippen molar-refractivity contribution < 1.29 is 24.0 Å². The lowest BCUT2D eigenvalue weighted by atomic mass is 9.99. The van der Waals surface area contributed by atoms with Crippen LogP contribution in [0.1, 0.15) is 30.4 Å². The van der Waals surface area contributed by atoms with Crippen molar-refractivity contribution in [1.82, 2.24) is 0 Å². The van der Waals surface area contributed by atoms with Crippen molar-refractivity contribution in [2.45, 2.75) is 20.8 Å². The molecule has 128 valence electrons. The fraction of sp³-hybridized carbons (Fsp3) is 0.312. The van der Waals surface area contributed by atoms with Gasteiger partial charge in [0.2, 0.25) is 0 Å². The van der Waals surface area contributed by atoms with Gasteiger partial charge in [0.1, 0.15) is 10.7 Å². The summed E-state index contributed by atoms with van der Waals surface area (Å²) >= 11 is 0.727. The number of nitrogens with zero attached hydrogens (tertiary/aromatic N) is 1. The molecule has 24 heavy (non-hydrogen) atoms. The molecule has 0 aliphatic carbocycles. The number of hydrogen-bond acceptors (Lipinski definition) is 5. The molecule has 0 aliphatic rings. The van der Waals surface area contributed by atoms with E-state index in [9.17, 15) is 19.3 Å². The summed E-state index contributed by atoms with van der Waals surface area (Å²) < 4.78 is 19.1. The Bertz CT molecular complexity index is 794. The Labute approximate surface area is 141 Å². The molecule has 0 atom stereocenters. The van der Waals surface area contributed by atoms with Gasteiger partial charge in [0, 0.05) is 10.9 Å². The Morgan fingerprint density at radius 2 is 2.04 bits per heavy atom. The summed E-state index contributed by atoms with van der Waals surface area (Å²) in [6.07, 6.45) is 0. The molecule has 1 heterocycles. The highest BCUT2D eigenvalue weighted by Gasteiger charge is 2.22. The van der Waals surface area contributed by atoms with Gasteiger partial charge >= 0.3 is 11.7 Å². The number of hydrogen-bond donors (Lipinski definition) is 1. The maximum atomic E-state index is 13.6. The number of halogens is 1. The monoisotopic (exact) mass is 353 g/mol. The number of aromatic carboxylic acids is 1. The minimum Gasteiger partial charge on any atom is -0.486 e. The van der Waals surface area contributed by atoms with E-state index in [-0.39, 0.29) is 16.9 Å². The first-order chi connectivity index (χ1) is 11.1. The summed E-state index contributed by atoms with van der Waals surface area (Å²) in [5.74, 6) is -2.12. The number of nitro benzene ring substituents is 1. The van der Waals surface area contributed by atoms with Crippen LogP contribution in [0.25, 0.3) is 10.4 Å². The molecule has 0 bridgehead atoms. The normalized spacial score (nSPS) is 11.3. The second-order valence-corrected chi connectivity index (χ2v) is 7.43. The summed E-state index contributed by atoms with van der Waals surface area (Å²) in [6.45, 7) is 6.11. The third-order valence-electron chi connectivity index (χ3n) is 2.98. The van der Waals surface area contributed by atoms with Gasteiger partial charge in [-0.1, -0.05) is 20.8 Å². The largest absolute Gasteiger partial charge is 0.486 e. The van der Waals surface area contributed by atoms with Crippen LogP contribution in [0.15, 0.2) is 24.3 Å². The summed E-state index contributed by atoms with van der Waals surface area (Å²) in [6, 6.07) is 5.30. The van der Waals surface area contributed by atoms with E-state index >= 15 is 0 Å². The first-order valence-corrected chi connectivity index (χ1v) is 7.84. The van der Waals surface area contributed by atoms with E-state index in [1.165, 1.54) is 12.1 Å². The predicted molar refractivity (Wildman–Crippen MR) is 88.3 cm³/mol. The van der Waals surface area contributed by atoms with Gasteiger partial charge in [-0.3, -0.25) is 10.1 Å². The molecule has 1 aromatic carbocycles. The van der Waals surface area contributed by atoms with Gasteiger partial charge in [0.05, 0.1) is 11.5 Å². The van der Waals surface area contributed by atoms with Crippen LogP contribution in [0.3, 0.4) is 0 Å². The average Bonchev–Trinajstić information content (AvgIpc) is 2.86. The maximum absolute atomic E-state index is 13.6. The number of ether oxygens (including phenoxy) is 1. The van der Waals surface area contributed by atoms with Gasteiger partial charge in [-0.05, 0) is 29.2 Å². The van der Waals surface area contributed by atoms with Gasteiger partial charge in [-0.2, -0.15) is 0 Å². The molecule has 0 spiro atoms. The number of carboxylic acids is 1. The van der Waals surface area contributed by atoms with Crippen molar-refractivity contribution in [3.8, 4) is 16.2 Å².